The lowest BCUT2D eigenvalue weighted by molar-refractivity contribution is -0.0837. The number of Topliss-reactive ketones (excluding diaryl/α,β-unsaturated/α-hetero) is 1. The second-order valence-corrected chi connectivity index (χ2v) is 8.49. The van der Waals surface area contributed by atoms with Crippen LogP contribution in [0, 0.1) is 0 Å². The lowest BCUT2D eigenvalue weighted by Gasteiger charge is -2.28. The summed E-state index contributed by atoms with van der Waals surface area (Å²) in [5.41, 5.74) is 0.661. The summed E-state index contributed by atoms with van der Waals surface area (Å²) in [6.07, 6.45) is 6.96. The lowest BCUT2D eigenvalue weighted by Crippen LogP contribution is -2.32. The summed E-state index contributed by atoms with van der Waals surface area (Å²) in [7, 11) is 0. The fourth-order valence-corrected chi connectivity index (χ4v) is 4.58. The molecule has 1 aromatic carbocycles. The average Bonchev–Trinajstić information content (AvgIpc) is 2.68. The van der Waals surface area contributed by atoms with Crippen molar-refractivity contribution < 1.29 is 14.3 Å². The monoisotopic (exact) mass is 393 g/mol. The number of fused-ring (bicyclic) bond motifs is 1. The van der Waals surface area contributed by atoms with E-state index >= 15 is 0 Å². The third kappa shape index (κ3) is 5.69. The molecule has 2 aliphatic rings. The van der Waals surface area contributed by atoms with Gasteiger partial charge in [0, 0.05) is 18.8 Å². The molecule has 0 radical (unpaired) electrons. The van der Waals surface area contributed by atoms with Gasteiger partial charge in [0.05, 0.1) is 18.6 Å². The van der Waals surface area contributed by atoms with Crippen molar-refractivity contribution in [1.82, 2.24) is 4.90 Å². The van der Waals surface area contributed by atoms with Crippen molar-refractivity contribution in [1.29, 1.82) is 0 Å². The molecule has 0 amide bonds. The van der Waals surface area contributed by atoms with Crippen LogP contribution in [0.5, 0.6) is 5.75 Å². The second kappa shape index (κ2) is 10.3. The smallest absolute Gasteiger partial charge is 0.207 e. The molecule has 1 unspecified atom stereocenters. The van der Waals surface area contributed by atoms with Crippen molar-refractivity contribution in [3.05, 3.63) is 29.8 Å². The zero-order valence-electron chi connectivity index (χ0n) is 15.2. The Morgan fingerprint density at radius 1 is 1.19 bits per heavy atom. The average molecular weight is 394 g/mol. The van der Waals surface area contributed by atoms with Crippen molar-refractivity contribution in [3.8, 4) is 5.75 Å². The van der Waals surface area contributed by atoms with Crippen LogP contribution in [-0.4, -0.2) is 46.7 Å². The minimum atomic E-state index is -0.446. The van der Waals surface area contributed by atoms with Gasteiger partial charge in [-0.25, -0.2) is 0 Å². The highest BCUT2D eigenvalue weighted by molar-refractivity contribution is 8.22. The number of carbonyl (C=O) groups excluding carboxylic acids is 1. The van der Waals surface area contributed by atoms with Crippen LogP contribution in [0.1, 0.15) is 55.3 Å². The summed E-state index contributed by atoms with van der Waals surface area (Å²) in [5.74, 6) is 1.80. The third-order valence-electron chi connectivity index (χ3n) is 4.73. The van der Waals surface area contributed by atoms with E-state index in [4.69, 9.17) is 21.7 Å². The van der Waals surface area contributed by atoms with E-state index in [1.807, 2.05) is 30.0 Å². The molecule has 0 aromatic heterocycles. The summed E-state index contributed by atoms with van der Waals surface area (Å²) in [4.78, 5) is 14.4. The highest BCUT2D eigenvalue weighted by atomic mass is 32.2. The van der Waals surface area contributed by atoms with Crippen LogP contribution in [0.2, 0.25) is 0 Å². The zero-order valence-corrected chi connectivity index (χ0v) is 16.8. The molecule has 0 saturated carbocycles. The number of carbonyl (C=O) groups is 1. The van der Waals surface area contributed by atoms with Gasteiger partial charge in [-0.05, 0) is 44.2 Å². The molecular formula is C20H27NO3S2. The van der Waals surface area contributed by atoms with E-state index in [2.05, 4.69) is 4.90 Å². The van der Waals surface area contributed by atoms with Gasteiger partial charge in [-0.15, -0.1) is 0 Å². The topological polar surface area (TPSA) is 38.8 Å². The number of likely N-dealkylation sites (tertiary alicyclic amines) is 1. The van der Waals surface area contributed by atoms with E-state index in [-0.39, 0.29) is 5.78 Å². The van der Waals surface area contributed by atoms with E-state index in [0.29, 0.717) is 24.3 Å². The molecule has 0 spiro atoms. The van der Waals surface area contributed by atoms with Crippen molar-refractivity contribution >= 4 is 34.1 Å². The number of unbranched alkanes of at least 4 members (excludes halogenated alkanes) is 2. The quantitative estimate of drug-likeness (QED) is 0.495. The number of thiocarbonyl (C=S) groups is 1. The first kappa shape index (κ1) is 19.6. The Morgan fingerprint density at radius 3 is 2.85 bits per heavy atom. The molecule has 6 heteroatoms. The molecule has 142 valence electrons. The summed E-state index contributed by atoms with van der Waals surface area (Å²) < 4.78 is 12.6. The summed E-state index contributed by atoms with van der Waals surface area (Å²) in [6, 6.07) is 7.36. The maximum absolute atomic E-state index is 12.1. The molecule has 1 aromatic rings. The number of rotatable bonds is 7. The minimum Gasteiger partial charge on any atom is -0.464 e. The van der Waals surface area contributed by atoms with E-state index in [1.165, 1.54) is 19.3 Å². The third-order valence-corrected chi connectivity index (χ3v) is 6.34. The lowest BCUT2D eigenvalue weighted by atomic mass is 10.0. The molecular weight excluding hydrogens is 366 g/mol. The Morgan fingerprint density at radius 2 is 2.00 bits per heavy atom. The van der Waals surface area contributed by atoms with E-state index < -0.39 is 6.29 Å². The van der Waals surface area contributed by atoms with Gasteiger partial charge in [-0.3, -0.25) is 4.79 Å². The van der Waals surface area contributed by atoms with Gasteiger partial charge in [0.1, 0.15) is 10.1 Å². The maximum atomic E-state index is 12.1. The van der Waals surface area contributed by atoms with Crippen LogP contribution in [0.15, 0.2) is 24.3 Å². The molecule has 0 bridgehead atoms. The maximum Gasteiger partial charge on any atom is 0.207 e. The fourth-order valence-electron chi connectivity index (χ4n) is 3.26. The Labute approximate surface area is 165 Å². The molecule has 3 rings (SSSR count). The Bertz CT molecular complexity index is 617. The Hall–Kier alpha value is -1.11. The predicted molar refractivity (Wildman–Crippen MR) is 110 cm³/mol. The van der Waals surface area contributed by atoms with Gasteiger partial charge in [0.2, 0.25) is 6.29 Å². The summed E-state index contributed by atoms with van der Waals surface area (Å²) in [5, 5.41) is 0. The van der Waals surface area contributed by atoms with Crippen LogP contribution in [0.4, 0.5) is 0 Å². The van der Waals surface area contributed by atoms with E-state index in [1.54, 1.807) is 6.07 Å². The normalized spacial score (nSPS) is 19.8. The van der Waals surface area contributed by atoms with Crippen molar-refractivity contribution in [3.63, 3.8) is 0 Å². The van der Waals surface area contributed by atoms with Gasteiger partial charge >= 0.3 is 0 Å². The van der Waals surface area contributed by atoms with Gasteiger partial charge in [-0.2, -0.15) is 0 Å². The van der Waals surface area contributed by atoms with Crippen LogP contribution in [0.25, 0.3) is 0 Å². The SMILES string of the molecule is O=C1CC(OCCCCCSC(=S)N2CCCCC2)Oc2ccccc21. The standard InChI is InChI=1S/C20H27NO3S2/c22-17-15-19(24-18-10-4-3-9-16(17)18)23-13-7-2-8-14-26-20(25)21-11-5-1-6-12-21/h3-4,9-10,19H,1-2,5-8,11-15H2. The first-order valence-electron chi connectivity index (χ1n) is 9.56. The van der Waals surface area contributed by atoms with Crippen LogP contribution in [0.3, 0.4) is 0 Å². The van der Waals surface area contributed by atoms with Crippen LogP contribution in [-0.2, 0) is 4.74 Å². The number of nitrogens with zero attached hydrogens (tertiary/aromatic N) is 1. The molecule has 26 heavy (non-hydrogen) atoms. The highest BCUT2D eigenvalue weighted by Crippen LogP contribution is 2.27. The van der Waals surface area contributed by atoms with Crippen molar-refractivity contribution in [2.45, 2.75) is 51.2 Å². The van der Waals surface area contributed by atoms with Gasteiger partial charge in [0.15, 0.2) is 5.78 Å². The summed E-state index contributed by atoms with van der Waals surface area (Å²) in [6.45, 7) is 2.88. The number of piperidine rings is 1. The van der Waals surface area contributed by atoms with Crippen molar-refractivity contribution in [2.75, 3.05) is 25.4 Å². The molecule has 1 atom stereocenters. The zero-order chi connectivity index (χ0) is 18.2. The van der Waals surface area contributed by atoms with Gasteiger partial charge < -0.3 is 14.4 Å². The number of ketones is 1. The number of hydrogen-bond acceptors (Lipinski definition) is 5. The van der Waals surface area contributed by atoms with Gasteiger partial charge in [-0.1, -0.05) is 42.5 Å². The number of hydrogen-bond donors (Lipinski definition) is 0. The molecule has 1 fully saturated rings. The Kier molecular flexibility index (Phi) is 7.77. The van der Waals surface area contributed by atoms with E-state index in [0.717, 1.165) is 42.4 Å². The molecule has 0 aliphatic carbocycles. The number of ether oxygens (including phenoxy) is 2. The molecule has 2 aliphatic heterocycles. The first-order chi connectivity index (χ1) is 12.7. The van der Waals surface area contributed by atoms with Crippen molar-refractivity contribution in [2.24, 2.45) is 0 Å². The summed E-state index contributed by atoms with van der Waals surface area (Å²) >= 11 is 7.33. The minimum absolute atomic E-state index is 0.0967. The molecule has 2 heterocycles. The van der Waals surface area contributed by atoms with Crippen LogP contribution >= 0.6 is 24.0 Å². The first-order valence-corrected chi connectivity index (χ1v) is 11.0. The molecule has 4 nitrogen and oxygen atoms in total. The number of benzene rings is 1. The van der Waals surface area contributed by atoms with Crippen LogP contribution < -0.4 is 4.74 Å². The number of para-hydroxylation sites is 1. The number of thioether (sulfide) groups is 1. The Balaban J connectivity index is 1.25. The molecule has 0 N–H and O–H groups in total. The fraction of sp³-hybridized carbons (Fsp3) is 0.600. The molecule has 1 saturated heterocycles. The highest BCUT2D eigenvalue weighted by Gasteiger charge is 2.26. The largest absolute Gasteiger partial charge is 0.464 e. The predicted octanol–water partition coefficient (Wildman–Crippen LogP) is 4.67. The van der Waals surface area contributed by atoms with E-state index in [9.17, 15) is 4.79 Å². The van der Waals surface area contributed by atoms with Gasteiger partial charge in [0.25, 0.3) is 0 Å². The second-order valence-electron chi connectivity index (χ2n) is 6.76.